The van der Waals surface area contributed by atoms with Gasteiger partial charge in [-0.15, -0.1) is 0 Å². The quantitative estimate of drug-likeness (QED) is 0.741. The number of primary amides is 1. The van der Waals surface area contributed by atoms with Crippen LogP contribution in [-0.4, -0.2) is 23.7 Å². The topological polar surface area (TPSA) is 75.4 Å². The van der Waals surface area contributed by atoms with Crippen LogP contribution in [0.3, 0.4) is 0 Å². The molecule has 1 aliphatic carbocycles. The first kappa shape index (κ1) is 15.0. The van der Waals surface area contributed by atoms with E-state index < -0.39 is 12.0 Å². The van der Waals surface area contributed by atoms with Crippen LogP contribution in [0.4, 0.5) is 0 Å². The predicted octanol–water partition coefficient (Wildman–Crippen LogP) is 1.74. The zero-order valence-corrected chi connectivity index (χ0v) is 11.8. The standard InChI is InChI=1S/C16H24N2O2/c17-16(20)14(19)11-18-15(12-7-3-1-4-8-12)13-9-5-2-6-10-13/h1,3-4,7-8,13-15,18-19H,2,5-6,9-11H2,(H2,17,20). The Balaban J connectivity index is 2.05. The molecule has 0 saturated heterocycles. The van der Waals surface area contributed by atoms with Crippen LogP contribution in [-0.2, 0) is 4.79 Å². The van der Waals surface area contributed by atoms with Crippen molar-refractivity contribution in [1.82, 2.24) is 5.32 Å². The number of aliphatic hydroxyl groups excluding tert-OH is 1. The molecule has 1 aromatic carbocycles. The van der Waals surface area contributed by atoms with Gasteiger partial charge in [0.1, 0.15) is 6.10 Å². The molecule has 2 unspecified atom stereocenters. The number of hydrogen-bond donors (Lipinski definition) is 3. The zero-order valence-electron chi connectivity index (χ0n) is 11.8. The normalized spacial score (nSPS) is 19.4. The van der Waals surface area contributed by atoms with E-state index in [1.165, 1.54) is 37.7 Å². The number of hydrogen-bond acceptors (Lipinski definition) is 3. The van der Waals surface area contributed by atoms with Crippen molar-refractivity contribution < 1.29 is 9.90 Å². The molecule has 110 valence electrons. The smallest absolute Gasteiger partial charge is 0.247 e. The second-order valence-electron chi connectivity index (χ2n) is 5.61. The van der Waals surface area contributed by atoms with E-state index in [4.69, 9.17) is 5.73 Å². The molecule has 4 N–H and O–H groups in total. The maximum absolute atomic E-state index is 11.0. The van der Waals surface area contributed by atoms with Crippen LogP contribution in [0.15, 0.2) is 30.3 Å². The average molecular weight is 276 g/mol. The Morgan fingerprint density at radius 2 is 1.90 bits per heavy atom. The SMILES string of the molecule is NC(=O)C(O)CNC(c1ccccc1)C1CCCCC1. The van der Waals surface area contributed by atoms with Gasteiger partial charge in [-0.1, -0.05) is 49.6 Å². The third kappa shape index (κ3) is 4.05. The Hall–Kier alpha value is -1.39. The van der Waals surface area contributed by atoms with Crippen LogP contribution >= 0.6 is 0 Å². The number of carbonyl (C=O) groups is 1. The summed E-state index contributed by atoms with van der Waals surface area (Å²) in [7, 11) is 0. The van der Waals surface area contributed by atoms with E-state index >= 15 is 0 Å². The molecule has 2 rings (SSSR count). The lowest BCUT2D eigenvalue weighted by Gasteiger charge is -2.32. The zero-order chi connectivity index (χ0) is 14.4. The fourth-order valence-electron chi connectivity index (χ4n) is 3.02. The van der Waals surface area contributed by atoms with Gasteiger partial charge >= 0.3 is 0 Å². The van der Waals surface area contributed by atoms with Crippen LogP contribution in [0.1, 0.15) is 43.7 Å². The minimum absolute atomic E-state index is 0.186. The van der Waals surface area contributed by atoms with Crippen LogP contribution in [0.5, 0.6) is 0 Å². The summed E-state index contributed by atoms with van der Waals surface area (Å²) in [4.78, 5) is 11.0. The molecule has 1 aromatic rings. The molecule has 1 amide bonds. The number of rotatable bonds is 6. The van der Waals surface area contributed by atoms with Crippen molar-refractivity contribution in [2.45, 2.75) is 44.2 Å². The summed E-state index contributed by atoms with van der Waals surface area (Å²) in [5.41, 5.74) is 6.33. The van der Waals surface area contributed by atoms with Crippen LogP contribution in [0, 0.1) is 5.92 Å². The van der Waals surface area contributed by atoms with Gasteiger partial charge in [-0.2, -0.15) is 0 Å². The van der Waals surface area contributed by atoms with Gasteiger partial charge in [0, 0.05) is 12.6 Å². The number of amides is 1. The van der Waals surface area contributed by atoms with E-state index in [-0.39, 0.29) is 12.6 Å². The summed E-state index contributed by atoms with van der Waals surface area (Å²) in [6.45, 7) is 0.214. The first-order chi connectivity index (χ1) is 9.68. The molecule has 0 radical (unpaired) electrons. The van der Waals surface area contributed by atoms with Gasteiger partial charge in [0.05, 0.1) is 0 Å². The lowest BCUT2D eigenvalue weighted by Crippen LogP contribution is -2.41. The number of carbonyl (C=O) groups excluding carboxylic acids is 1. The lowest BCUT2D eigenvalue weighted by molar-refractivity contribution is -0.125. The third-order valence-corrected chi connectivity index (χ3v) is 4.14. The molecule has 4 heteroatoms. The van der Waals surface area contributed by atoms with Gasteiger partial charge in [-0.3, -0.25) is 4.79 Å². The lowest BCUT2D eigenvalue weighted by atomic mass is 9.81. The fourth-order valence-corrected chi connectivity index (χ4v) is 3.02. The van der Waals surface area contributed by atoms with Crippen LogP contribution < -0.4 is 11.1 Å². The summed E-state index contributed by atoms with van der Waals surface area (Å²) in [5, 5.41) is 12.9. The molecular formula is C16H24N2O2. The summed E-state index contributed by atoms with van der Waals surface area (Å²) in [6.07, 6.45) is 5.09. The van der Waals surface area contributed by atoms with Gasteiger partial charge in [0.15, 0.2) is 0 Å². The Morgan fingerprint density at radius 3 is 2.50 bits per heavy atom. The van der Waals surface area contributed by atoms with E-state index in [0.29, 0.717) is 5.92 Å². The van der Waals surface area contributed by atoms with E-state index in [1.807, 2.05) is 18.2 Å². The van der Waals surface area contributed by atoms with Crippen molar-refractivity contribution >= 4 is 5.91 Å². The molecule has 0 aromatic heterocycles. The van der Waals surface area contributed by atoms with Gasteiger partial charge in [0.2, 0.25) is 5.91 Å². The van der Waals surface area contributed by atoms with Crippen molar-refractivity contribution in [3.8, 4) is 0 Å². The maximum Gasteiger partial charge on any atom is 0.247 e. The van der Waals surface area contributed by atoms with Crippen molar-refractivity contribution in [2.75, 3.05) is 6.54 Å². The van der Waals surface area contributed by atoms with E-state index in [0.717, 1.165) is 0 Å². The van der Waals surface area contributed by atoms with E-state index in [9.17, 15) is 9.90 Å². The monoisotopic (exact) mass is 276 g/mol. The summed E-state index contributed by atoms with van der Waals surface area (Å²) >= 11 is 0. The highest BCUT2D eigenvalue weighted by molar-refractivity contribution is 5.78. The number of aliphatic hydroxyl groups is 1. The first-order valence-electron chi connectivity index (χ1n) is 7.44. The van der Waals surface area contributed by atoms with Crippen LogP contribution in [0.2, 0.25) is 0 Å². The molecule has 0 bridgehead atoms. The summed E-state index contributed by atoms with van der Waals surface area (Å²) in [5.74, 6) is -0.112. The molecule has 1 saturated carbocycles. The average Bonchev–Trinajstić information content (AvgIpc) is 2.49. The Labute approximate surface area is 120 Å². The highest BCUT2D eigenvalue weighted by Gasteiger charge is 2.25. The molecule has 2 atom stereocenters. The molecule has 1 aliphatic rings. The van der Waals surface area contributed by atoms with Gasteiger partial charge in [-0.05, 0) is 24.3 Å². The second-order valence-corrected chi connectivity index (χ2v) is 5.61. The van der Waals surface area contributed by atoms with Gasteiger partial charge in [0.25, 0.3) is 0 Å². The molecule has 0 spiro atoms. The molecule has 0 heterocycles. The van der Waals surface area contributed by atoms with Crippen molar-refractivity contribution in [2.24, 2.45) is 11.7 Å². The predicted molar refractivity (Wildman–Crippen MR) is 79.0 cm³/mol. The number of nitrogens with two attached hydrogens (primary N) is 1. The Kier molecular flexibility index (Phi) is 5.56. The highest BCUT2D eigenvalue weighted by Crippen LogP contribution is 2.34. The van der Waals surface area contributed by atoms with Crippen LogP contribution in [0.25, 0.3) is 0 Å². The first-order valence-corrected chi connectivity index (χ1v) is 7.44. The molecular weight excluding hydrogens is 252 g/mol. The molecule has 20 heavy (non-hydrogen) atoms. The number of nitrogens with one attached hydrogen (secondary N) is 1. The Bertz CT molecular complexity index is 416. The van der Waals surface area contributed by atoms with Crippen molar-refractivity contribution in [3.05, 3.63) is 35.9 Å². The summed E-state index contributed by atoms with van der Waals surface area (Å²) < 4.78 is 0. The largest absolute Gasteiger partial charge is 0.382 e. The minimum atomic E-state index is -1.12. The van der Waals surface area contributed by atoms with E-state index in [1.54, 1.807) is 0 Å². The summed E-state index contributed by atoms with van der Waals surface area (Å²) in [6, 6.07) is 10.4. The number of benzene rings is 1. The maximum atomic E-state index is 11.0. The van der Waals surface area contributed by atoms with E-state index in [2.05, 4.69) is 17.4 Å². The van der Waals surface area contributed by atoms with Gasteiger partial charge < -0.3 is 16.2 Å². The molecule has 0 aliphatic heterocycles. The van der Waals surface area contributed by atoms with Crippen molar-refractivity contribution in [1.29, 1.82) is 0 Å². The second kappa shape index (κ2) is 7.41. The van der Waals surface area contributed by atoms with Crippen molar-refractivity contribution in [3.63, 3.8) is 0 Å². The highest BCUT2D eigenvalue weighted by atomic mass is 16.3. The fraction of sp³-hybridized carbons (Fsp3) is 0.562. The third-order valence-electron chi connectivity index (χ3n) is 4.14. The van der Waals surface area contributed by atoms with Gasteiger partial charge in [-0.25, -0.2) is 0 Å². The Morgan fingerprint density at radius 1 is 1.25 bits per heavy atom. The minimum Gasteiger partial charge on any atom is -0.382 e. The molecule has 4 nitrogen and oxygen atoms in total. The molecule has 1 fully saturated rings.